The smallest absolute Gasteiger partial charge is 0.419 e. The van der Waals surface area contributed by atoms with Crippen molar-refractivity contribution in [1.82, 2.24) is 0 Å². The van der Waals surface area contributed by atoms with Gasteiger partial charge in [0, 0.05) is 0 Å². The third-order valence-electron chi connectivity index (χ3n) is 2.16. The molecular weight excluding hydrogens is 266 g/mol. The van der Waals surface area contributed by atoms with Gasteiger partial charge in [0.15, 0.2) is 6.10 Å². The highest BCUT2D eigenvalue weighted by Gasteiger charge is 2.41. The molecule has 1 aromatic carbocycles. The molecule has 1 unspecified atom stereocenters. The maximum Gasteiger partial charge on any atom is 0.419 e. The van der Waals surface area contributed by atoms with Crippen molar-refractivity contribution < 1.29 is 36.2 Å². The molecule has 8 heteroatoms. The van der Waals surface area contributed by atoms with Crippen LogP contribution in [0.3, 0.4) is 0 Å². The van der Waals surface area contributed by atoms with Gasteiger partial charge in [-0.1, -0.05) is 6.07 Å². The predicted molar refractivity (Wildman–Crippen MR) is 49.0 cm³/mol. The molecule has 0 saturated heterocycles. The summed E-state index contributed by atoms with van der Waals surface area (Å²) in [6.45, 7) is 0. The molecule has 0 spiro atoms. The molecule has 0 radical (unpaired) electrons. The number of aliphatic hydroxyl groups excluding tert-OH is 1. The number of rotatable bonds is 2. The molecule has 0 amide bonds. The highest BCUT2D eigenvalue weighted by molar-refractivity contribution is 5.40. The monoisotopic (exact) mass is 274 g/mol. The van der Waals surface area contributed by atoms with Gasteiger partial charge in [-0.2, -0.15) is 26.3 Å². The Morgan fingerprint density at radius 1 is 1.11 bits per heavy atom. The van der Waals surface area contributed by atoms with E-state index >= 15 is 0 Å². The van der Waals surface area contributed by atoms with Crippen molar-refractivity contribution in [2.75, 3.05) is 7.11 Å². The standard InChI is InChI=1S/C10H8F6O2/c1-18-7-4-5(8(17)10(14,15)16)2-3-6(7)9(11,12)13/h2-4,8,17H,1H3. The molecule has 0 aromatic heterocycles. The fourth-order valence-electron chi connectivity index (χ4n) is 1.30. The number of hydrogen-bond acceptors (Lipinski definition) is 2. The first-order chi connectivity index (χ1) is 8.07. The molecule has 0 aliphatic carbocycles. The van der Waals surface area contributed by atoms with E-state index in [1.54, 1.807) is 0 Å². The van der Waals surface area contributed by atoms with E-state index in [4.69, 9.17) is 5.11 Å². The lowest BCUT2D eigenvalue weighted by Crippen LogP contribution is -2.20. The quantitative estimate of drug-likeness (QED) is 0.838. The second-order valence-electron chi connectivity index (χ2n) is 3.40. The summed E-state index contributed by atoms with van der Waals surface area (Å²) in [5, 5.41) is 8.91. The van der Waals surface area contributed by atoms with Crippen LogP contribution in [-0.4, -0.2) is 18.4 Å². The molecule has 0 aliphatic heterocycles. The summed E-state index contributed by atoms with van der Waals surface area (Å²) < 4.78 is 78.3. The Morgan fingerprint density at radius 3 is 2.06 bits per heavy atom. The zero-order chi connectivity index (χ0) is 14.1. The van der Waals surface area contributed by atoms with Gasteiger partial charge in [-0.15, -0.1) is 0 Å². The van der Waals surface area contributed by atoms with Gasteiger partial charge in [0.05, 0.1) is 12.7 Å². The average molecular weight is 274 g/mol. The van der Waals surface area contributed by atoms with Gasteiger partial charge in [-0.25, -0.2) is 0 Å². The molecule has 102 valence electrons. The van der Waals surface area contributed by atoms with Crippen LogP contribution in [0.5, 0.6) is 5.75 Å². The number of ether oxygens (including phenoxy) is 1. The van der Waals surface area contributed by atoms with Gasteiger partial charge in [0.2, 0.25) is 0 Å². The Bertz CT molecular complexity index is 423. The van der Waals surface area contributed by atoms with Gasteiger partial charge in [0.1, 0.15) is 5.75 Å². The van der Waals surface area contributed by atoms with Crippen LogP contribution < -0.4 is 4.74 Å². The van der Waals surface area contributed by atoms with Crippen LogP contribution in [0.25, 0.3) is 0 Å². The van der Waals surface area contributed by atoms with Crippen LogP contribution in [-0.2, 0) is 6.18 Å². The molecular formula is C10H8F6O2. The van der Waals surface area contributed by atoms with E-state index in [-0.39, 0.29) is 0 Å². The van der Waals surface area contributed by atoms with Crippen molar-refractivity contribution in [1.29, 1.82) is 0 Å². The minimum absolute atomic E-state index is 0.434. The zero-order valence-corrected chi connectivity index (χ0v) is 8.93. The van der Waals surface area contributed by atoms with Gasteiger partial charge in [-0.05, 0) is 17.7 Å². The SMILES string of the molecule is COc1cc(C(O)C(F)(F)F)ccc1C(F)(F)F. The van der Waals surface area contributed by atoms with E-state index in [9.17, 15) is 26.3 Å². The van der Waals surface area contributed by atoms with Crippen LogP contribution >= 0.6 is 0 Å². The Labute approximate surface area is 97.8 Å². The first-order valence-corrected chi connectivity index (χ1v) is 4.57. The van der Waals surface area contributed by atoms with Gasteiger partial charge >= 0.3 is 12.4 Å². The Hall–Kier alpha value is -1.44. The molecule has 0 bridgehead atoms. The van der Waals surface area contributed by atoms with E-state index in [1.165, 1.54) is 0 Å². The summed E-state index contributed by atoms with van der Waals surface area (Å²) in [6.07, 6.45) is -12.5. The maximum absolute atomic E-state index is 12.4. The van der Waals surface area contributed by atoms with E-state index in [2.05, 4.69) is 4.74 Å². The Morgan fingerprint density at radius 2 is 1.67 bits per heavy atom. The number of aliphatic hydroxyl groups is 1. The fraction of sp³-hybridized carbons (Fsp3) is 0.400. The summed E-state index contributed by atoms with van der Waals surface area (Å²) >= 11 is 0. The lowest BCUT2D eigenvalue weighted by atomic mass is 10.1. The molecule has 0 aliphatic rings. The first-order valence-electron chi connectivity index (χ1n) is 4.57. The minimum atomic E-state index is -4.95. The second kappa shape index (κ2) is 4.68. The second-order valence-corrected chi connectivity index (χ2v) is 3.40. The largest absolute Gasteiger partial charge is 0.496 e. The maximum atomic E-state index is 12.4. The van der Waals surface area contributed by atoms with Crippen LogP contribution in [0.4, 0.5) is 26.3 Å². The summed E-state index contributed by atoms with van der Waals surface area (Å²) in [6, 6.07) is 1.51. The van der Waals surface area contributed by atoms with Crippen molar-refractivity contribution in [2.45, 2.75) is 18.5 Å². The van der Waals surface area contributed by atoms with E-state index in [1.807, 2.05) is 0 Å². The summed E-state index contributed by atoms with van der Waals surface area (Å²) in [5.74, 6) is -0.775. The van der Waals surface area contributed by atoms with E-state index in [0.29, 0.717) is 18.2 Å². The average Bonchev–Trinajstić information content (AvgIpc) is 2.24. The van der Waals surface area contributed by atoms with Gasteiger partial charge < -0.3 is 9.84 Å². The number of alkyl halides is 6. The van der Waals surface area contributed by atoms with E-state index < -0.39 is 35.3 Å². The van der Waals surface area contributed by atoms with Crippen molar-refractivity contribution in [2.24, 2.45) is 0 Å². The molecule has 1 N–H and O–H groups in total. The van der Waals surface area contributed by atoms with Crippen LogP contribution in [0.2, 0.25) is 0 Å². The van der Waals surface area contributed by atoms with Gasteiger partial charge in [0.25, 0.3) is 0 Å². The Balaban J connectivity index is 3.22. The summed E-state index contributed by atoms with van der Waals surface area (Å²) in [4.78, 5) is 0. The molecule has 2 nitrogen and oxygen atoms in total. The highest BCUT2D eigenvalue weighted by atomic mass is 19.4. The van der Waals surface area contributed by atoms with Crippen molar-refractivity contribution in [3.63, 3.8) is 0 Å². The molecule has 0 saturated carbocycles. The van der Waals surface area contributed by atoms with Crippen LogP contribution in [0.15, 0.2) is 18.2 Å². The first kappa shape index (κ1) is 14.6. The van der Waals surface area contributed by atoms with Crippen molar-refractivity contribution in [3.8, 4) is 5.75 Å². The topological polar surface area (TPSA) is 29.5 Å². The number of halogens is 6. The van der Waals surface area contributed by atoms with Crippen molar-refractivity contribution >= 4 is 0 Å². The summed E-state index contributed by atoms with van der Waals surface area (Å²) in [5.41, 5.74) is -1.92. The van der Waals surface area contributed by atoms with Crippen LogP contribution in [0, 0.1) is 0 Å². The molecule has 1 aromatic rings. The number of hydrogen-bond donors (Lipinski definition) is 1. The van der Waals surface area contributed by atoms with Gasteiger partial charge in [-0.3, -0.25) is 0 Å². The zero-order valence-electron chi connectivity index (χ0n) is 8.93. The van der Waals surface area contributed by atoms with E-state index in [0.717, 1.165) is 7.11 Å². The predicted octanol–water partition coefficient (Wildman–Crippen LogP) is 3.31. The fourth-order valence-corrected chi connectivity index (χ4v) is 1.30. The molecule has 0 fully saturated rings. The number of benzene rings is 1. The lowest BCUT2D eigenvalue weighted by molar-refractivity contribution is -0.206. The molecule has 1 rings (SSSR count). The third-order valence-corrected chi connectivity index (χ3v) is 2.16. The lowest BCUT2D eigenvalue weighted by Gasteiger charge is -2.17. The minimum Gasteiger partial charge on any atom is -0.496 e. The Kier molecular flexibility index (Phi) is 3.80. The summed E-state index contributed by atoms with van der Waals surface area (Å²) in [7, 11) is 0.897. The highest BCUT2D eigenvalue weighted by Crippen LogP contribution is 2.39. The normalized spacial score (nSPS) is 14.4. The third kappa shape index (κ3) is 3.06. The number of methoxy groups -OCH3 is 1. The molecule has 18 heavy (non-hydrogen) atoms. The van der Waals surface area contributed by atoms with Crippen LogP contribution in [0.1, 0.15) is 17.2 Å². The van der Waals surface area contributed by atoms with Crippen molar-refractivity contribution in [3.05, 3.63) is 29.3 Å². The molecule has 1 atom stereocenters. The molecule has 0 heterocycles.